The van der Waals surface area contributed by atoms with Crippen LogP contribution in [0.3, 0.4) is 0 Å². The number of carbonyl (C=O) groups is 1. The molecule has 2 N–H and O–H groups in total. The molecule has 0 aromatic heterocycles. The van der Waals surface area contributed by atoms with Crippen LogP contribution in [0.2, 0.25) is 0 Å². The van der Waals surface area contributed by atoms with Gasteiger partial charge in [0.25, 0.3) is 10.0 Å². The summed E-state index contributed by atoms with van der Waals surface area (Å²) in [5.74, 6) is 0.521. The van der Waals surface area contributed by atoms with E-state index in [0.29, 0.717) is 37.6 Å². The van der Waals surface area contributed by atoms with E-state index in [2.05, 4.69) is 52.3 Å². The minimum atomic E-state index is -3.69. The van der Waals surface area contributed by atoms with Crippen molar-refractivity contribution in [1.29, 1.82) is 0 Å². The van der Waals surface area contributed by atoms with Gasteiger partial charge in [-0.05, 0) is 61.6 Å². The van der Waals surface area contributed by atoms with Crippen molar-refractivity contribution in [2.24, 2.45) is 4.99 Å². The second-order valence-corrected chi connectivity index (χ2v) is 10.2. The summed E-state index contributed by atoms with van der Waals surface area (Å²) in [6, 6.07) is 14.4. The Bertz CT molecular complexity index is 1150. The molecule has 0 saturated heterocycles. The number of rotatable bonds is 4. The predicted octanol–water partition coefficient (Wildman–Crippen LogP) is 4.57. The molecule has 0 bridgehead atoms. The number of benzene rings is 2. The topological polar surface area (TPSA) is 90.9 Å². The molecular formula is C25H30N4O3S. The minimum absolute atomic E-state index is 0.149. The minimum Gasteiger partial charge on any atom is -0.320 e. The zero-order valence-electron chi connectivity index (χ0n) is 18.9. The molecule has 0 aliphatic carbocycles. The first-order valence-corrected chi connectivity index (χ1v) is 12.9. The van der Waals surface area contributed by atoms with Crippen LogP contribution < -0.4 is 10.0 Å². The maximum atomic E-state index is 12.7. The highest BCUT2D eigenvalue weighted by atomic mass is 32.2. The van der Waals surface area contributed by atoms with E-state index in [9.17, 15) is 13.2 Å². The number of hydrogen-bond acceptors (Lipinski definition) is 4. The second-order valence-electron chi connectivity index (χ2n) is 8.49. The number of sulfonamides is 1. The zero-order chi connectivity index (χ0) is 23.3. The summed E-state index contributed by atoms with van der Waals surface area (Å²) in [5, 5.41) is 2.86. The number of nitrogens with zero attached hydrogens (tertiary/aromatic N) is 2. The van der Waals surface area contributed by atoms with E-state index in [-0.39, 0.29) is 10.9 Å². The second kappa shape index (κ2) is 10.2. The van der Waals surface area contributed by atoms with Crippen LogP contribution in [0.4, 0.5) is 10.5 Å². The number of aryl methyl sites for hydroxylation is 1. The van der Waals surface area contributed by atoms with Crippen molar-refractivity contribution < 1.29 is 13.2 Å². The third kappa shape index (κ3) is 6.01. The monoisotopic (exact) mass is 466 g/mol. The van der Waals surface area contributed by atoms with Crippen molar-refractivity contribution in [2.75, 3.05) is 25.0 Å². The van der Waals surface area contributed by atoms with Crippen molar-refractivity contribution >= 4 is 33.2 Å². The zero-order valence-corrected chi connectivity index (χ0v) is 19.7. The summed E-state index contributed by atoms with van der Waals surface area (Å²) in [7, 11) is -3.69. The first-order valence-electron chi connectivity index (χ1n) is 11.4. The number of hydrogen-bond donors (Lipinski definition) is 2. The van der Waals surface area contributed by atoms with Crippen molar-refractivity contribution in [2.45, 2.75) is 43.9 Å². The first-order chi connectivity index (χ1) is 15.9. The Morgan fingerprint density at radius 1 is 0.970 bits per heavy atom. The molecule has 2 aliphatic heterocycles. The number of urea groups is 1. The Labute approximate surface area is 195 Å². The summed E-state index contributed by atoms with van der Waals surface area (Å²) in [6.45, 7) is 3.88. The molecule has 0 spiro atoms. The fourth-order valence-corrected chi connectivity index (χ4v) is 5.06. The quantitative estimate of drug-likeness (QED) is 0.692. The van der Waals surface area contributed by atoms with Gasteiger partial charge in [-0.15, -0.1) is 0 Å². The van der Waals surface area contributed by atoms with E-state index >= 15 is 0 Å². The van der Waals surface area contributed by atoms with Crippen molar-refractivity contribution in [1.82, 2.24) is 9.62 Å². The first kappa shape index (κ1) is 23.0. The normalized spacial score (nSPS) is 16.9. The molecule has 2 amide bonds. The van der Waals surface area contributed by atoms with E-state index in [4.69, 9.17) is 0 Å². The van der Waals surface area contributed by atoms with Crippen molar-refractivity contribution in [3.8, 4) is 0 Å². The molecule has 2 aliphatic rings. The van der Waals surface area contributed by atoms with Gasteiger partial charge in [0.05, 0.1) is 4.90 Å². The molecule has 2 aromatic carbocycles. The SMILES string of the molecule is Cc1ccc(C2=CCN(C(=O)Nc3ccc(S(=O)(=O)NC4=NCCCCC4)cc3)CC2)cc1. The molecular weight excluding hydrogens is 436 g/mol. The van der Waals surface area contributed by atoms with Gasteiger partial charge in [-0.1, -0.05) is 42.3 Å². The molecule has 2 aromatic rings. The number of amidine groups is 1. The Balaban J connectivity index is 1.34. The lowest BCUT2D eigenvalue weighted by Crippen LogP contribution is -2.37. The Morgan fingerprint density at radius 3 is 2.42 bits per heavy atom. The van der Waals surface area contributed by atoms with Crippen LogP contribution in [0.5, 0.6) is 0 Å². The summed E-state index contributed by atoms with van der Waals surface area (Å²) in [5.41, 5.74) is 4.23. The van der Waals surface area contributed by atoms with Crippen LogP contribution >= 0.6 is 0 Å². The third-order valence-electron chi connectivity index (χ3n) is 5.96. The van der Waals surface area contributed by atoms with E-state index in [1.165, 1.54) is 28.8 Å². The van der Waals surface area contributed by atoms with Gasteiger partial charge < -0.3 is 10.2 Å². The van der Waals surface area contributed by atoms with Crippen LogP contribution in [0.15, 0.2) is 64.5 Å². The standard InChI is InChI=1S/C25H30N4O3S/c1-19-6-8-20(9-7-19)21-14-17-29(18-15-21)25(30)27-22-10-12-23(13-11-22)33(31,32)28-24-5-3-2-4-16-26-24/h6-14H,2-5,15-18H2,1H3,(H,26,28)(H,27,30). The summed E-state index contributed by atoms with van der Waals surface area (Å²) >= 11 is 0. The number of carbonyl (C=O) groups excluding carboxylic acids is 1. The molecule has 0 atom stereocenters. The van der Waals surface area contributed by atoms with Crippen molar-refractivity contribution in [3.63, 3.8) is 0 Å². The van der Waals surface area contributed by atoms with Gasteiger partial charge >= 0.3 is 6.03 Å². The molecule has 0 fully saturated rings. The van der Waals surface area contributed by atoms with Gasteiger partial charge in [-0.3, -0.25) is 9.71 Å². The Kier molecular flexibility index (Phi) is 7.13. The number of amides is 2. The number of anilines is 1. The van der Waals surface area contributed by atoms with Crippen LogP contribution in [0.1, 0.15) is 43.2 Å². The highest BCUT2D eigenvalue weighted by molar-refractivity contribution is 7.90. The van der Waals surface area contributed by atoms with E-state index in [0.717, 1.165) is 25.7 Å². The number of nitrogens with one attached hydrogen (secondary N) is 2. The van der Waals surface area contributed by atoms with E-state index in [1.807, 2.05) is 0 Å². The summed E-state index contributed by atoms with van der Waals surface area (Å²) in [6.07, 6.45) is 6.51. The number of aliphatic imine (C=N–C) groups is 1. The Hall–Kier alpha value is -3.13. The van der Waals surface area contributed by atoms with Crippen LogP contribution in [0.25, 0.3) is 5.57 Å². The van der Waals surface area contributed by atoms with Gasteiger partial charge in [-0.2, -0.15) is 0 Å². The maximum absolute atomic E-state index is 12.7. The molecule has 174 valence electrons. The molecule has 0 radical (unpaired) electrons. The molecule has 4 rings (SSSR count). The molecule has 0 saturated carbocycles. The van der Waals surface area contributed by atoms with Gasteiger partial charge in [0.2, 0.25) is 0 Å². The van der Waals surface area contributed by atoms with Gasteiger partial charge in [-0.25, -0.2) is 13.2 Å². The maximum Gasteiger partial charge on any atom is 0.322 e. The largest absolute Gasteiger partial charge is 0.322 e. The molecule has 0 unspecified atom stereocenters. The average Bonchev–Trinajstić information content (AvgIpc) is 3.08. The van der Waals surface area contributed by atoms with Gasteiger partial charge in [0, 0.05) is 31.7 Å². The lowest BCUT2D eigenvalue weighted by molar-refractivity contribution is 0.217. The van der Waals surface area contributed by atoms with Crippen LogP contribution in [0, 0.1) is 6.92 Å². The third-order valence-corrected chi connectivity index (χ3v) is 7.36. The average molecular weight is 467 g/mol. The molecule has 33 heavy (non-hydrogen) atoms. The van der Waals surface area contributed by atoms with Gasteiger partial charge in [0.15, 0.2) is 0 Å². The molecule has 7 nitrogen and oxygen atoms in total. The van der Waals surface area contributed by atoms with Crippen LogP contribution in [-0.2, 0) is 10.0 Å². The molecule has 2 heterocycles. The highest BCUT2D eigenvalue weighted by Gasteiger charge is 2.20. The summed E-state index contributed by atoms with van der Waals surface area (Å²) in [4.78, 5) is 18.9. The van der Waals surface area contributed by atoms with Crippen molar-refractivity contribution in [3.05, 3.63) is 65.7 Å². The van der Waals surface area contributed by atoms with E-state index < -0.39 is 10.0 Å². The Morgan fingerprint density at radius 2 is 1.73 bits per heavy atom. The van der Waals surface area contributed by atoms with Crippen LogP contribution in [-0.4, -0.2) is 44.8 Å². The lowest BCUT2D eigenvalue weighted by Gasteiger charge is -2.27. The molecule has 8 heteroatoms. The smallest absolute Gasteiger partial charge is 0.320 e. The highest BCUT2D eigenvalue weighted by Crippen LogP contribution is 2.23. The summed E-state index contributed by atoms with van der Waals surface area (Å²) < 4.78 is 27.9. The fourth-order valence-electron chi connectivity index (χ4n) is 3.97. The lowest BCUT2D eigenvalue weighted by atomic mass is 9.99. The van der Waals surface area contributed by atoms with E-state index in [1.54, 1.807) is 17.0 Å². The predicted molar refractivity (Wildman–Crippen MR) is 132 cm³/mol. The fraction of sp³-hybridized carbons (Fsp3) is 0.360. The van der Waals surface area contributed by atoms with Gasteiger partial charge in [0.1, 0.15) is 5.84 Å².